The van der Waals surface area contributed by atoms with E-state index in [9.17, 15) is 0 Å². The van der Waals surface area contributed by atoms with Crippen LogP contribution in [-0.2, 0) is 6.54 Å². The second kappa shape index (κ2) is 8.86. The molecule has 1 aliphatic heterocycles. The molecule has 0 N–H and O–H groups in total. The van der Waals surface area contributed by atoms with Crippen molar-refractivity contribution in [3.05, 3.63) is 36.0 Å². The van der Waals surface area contributed by atoms with Crippen LogP contribution in [0, 0.1) is 0 Å². The van der Waals surface area contributed by atoms with E-state index in [0.29, 0.717) is 18.0 Å². The van der Waals surface area contributed by atoms with E-state index in [1.165, 1.54) is 24.8 Å². The lowest BCUT2D eigenvalue weighted by Crippen LogP contribution is -2.49. The number of ether oxygens (including phenoxy) is 3. The Kier molecular flexibility index (Phi) is 6.04. The van der Waals surface area contributed by atoms with Crippen LogP contribution in [0.2, 0.25) is 0 Å². The lowest BCUT2D eigenvalue weighted by Gasteiger charge is -2.39. The molecule has 1 saturated heterocycles. The summed E-state index contributed by atoms with van der Waals surface area (Å²) >= 11 is 0. The Hall–Kier alpha value is -2.54. The minimum Gasteiger partial charge on any atom is -0.493 e. The van der Waals surface area contributed by atoms with Gasteiger partial charge in [-0.3, -0.25) is 4.90 Å². The fourth-order valence-corrected chi connectivity index (χ4v) is 4.16. The molecule has 2 aromatic rings. The molecule has 156 valence electrons. The van der Waals surface area contributed by atoms with Gasteiger partial charge in [0.25, 0.3) is 0 Å². The molecule has 2 fully saturated rings. The third-order valence-electron chi connectivity index (χ3n) is 5.80. The van der Waals surface area contributed by atoms with Crippen molar-refractivity contribution in [3.8, 4) is 17.4 Å². The standard InChI is InChI=1S/C22H30N4O3/c1-27-19-9-6-16(13-20(19)28-2)14-26(17-7-8-17)18-5-4-12-25(15-18)22-23-11-10-21(24-22)29-3/h6,9-11,13,17-18H,4-5,7-8,12,14-15H2,1-3H3/t18-/m1/s1. The second-order valence-corrected chi connectivity index (χ2v) is 7.73. The predicted molar refractivity (Wildman–Crippen MR) is 112 cm³/mol. The highest BCUT2D eigenvalue weighted by atomic mass is 16.5. The molecule has 7 heteroatoms. The van der Waals surface area contributed by atoms with Gasteiger partial charge in [0.05, 0.1) is 21.3 Å². The molecule has 0 bridgehead atoms. The highest BCUT2D eigenvalue weighted by Crippen LogP contribution is 2.35. The van der Waals surface area contributed by atoms with Gasteiger partial charge in [-0.2, -0.15) is 4.98 Å². The summed E-state index contributed by atoms with van der Waals surface area (Å²) < 4.78 is 16.2. The van der Waals surface area contributed by atoms with Gasteiger partial charge in [0.1, 0.15) is 0 Å². The Bertz CT molecular complexity index is 827. The number of methoxy groups -OCH3 is 3. The minimum absolute atomic E-state index is 0.485. The SMILES string of the molecule is COc1ccnc(N2CCC[C@@H](N(Cc3ccc(OC)c(OC)c3)C3CC3)C2)n1. The number of piperidine rings is 1. The summed E-state index contributed by atoms with van der Waals surface area (Å²) in [4.78, 5) is 14.0. The van der Waals surface area contributed by atoms with Crippen LogP contribution >= 0.6 is 0 Å². The van der Waals surface area contributed by atoms with Gasteiger partial charge in [0, 0.05) is 44.0 Å². The number of rotatable bonds is 8. The highest BCUT2D eigenvalue weighted by Gasteiger charge is 2.36. The summed E-state index contributed by atoms with van der Waals surface area (Å²) in [6, 6.07) is 9.18. The predicted octanol–water partition coefficient (Wildman–Crippen LogP) is 3.14. The van der Waals surface area contributed by atoms with Gasteiger partial charge in [-0.1, -0.05) is 6.07 Å². The lowest BCUT2D eigenvalue weighted by atomic mass is 10.0. The monoisotopic (exact) mass is 398 g/mol. The Morgan fingerprint density at radius 1 is 1.00 bits per heavy atom. The first-order valence-electron chi connectivity index (χ1n) is 10.3. The van der Waals surface area contributed by atoms with Crippen LogP contribution in [-0.4, -0.2) is 61.4 Å². The van der Waals surface area contributed by atoms with Crippen LogP contribution < -0.4 is 19.1 Å². The summed E-state index contributed by atoms with van der Waals surface area (Å²) in [6.07, 6.45) is 6.66. The zero-order valence-electron chi connectivity index (χ0n) is 17.5. The maximum absolute atomic E-state index is 5.50. The number of benzene rings is 1. The number of aromatic nitrogens is 2. The van der Waals surface area contributed by atoms with E-state index in [1.54, 1.807) is 33.6 Å². The van der Waals surface area contributed by atoms with Crippen LogP contribution in [0.4, 0.5) is 5.95 Å². The van der Waals surface area contributed by atoms with Gasteiger partial charge in [-0.25, -0.2) is 4.98 Å². The normalized spacial score (nSPS) is 19.3. The maximum Gasteiger partial charge on any atom is 0.228 e. The van der Waals surface area contributed by atoms with Crippen LogP contribution in [0.3, 0.4) is 0 Å². The smallest absolute Gasteiger partial charge is 0.228 e. The van der Waals surface area contributed by atoms with Crippen molar-refractivity contribution < 1.29 is 14.2 Å². The molecular formula is C22H30N4O3. The van der Waals surface area contributed by atoms with Crippen molar-refractivity contribution in [2.75, 3.05) is 39.3 Å². The van der Waals surface area contributed by atoms with Gasteiger partial charge in [0.15, 0.2) is 11.5 Å². The summed E-state index contributed by atoms with van der Waals surface area (Å²) in [5.74, 6) is 2.93. The molecule has 1 atom stereocenters. The highest BCUT2D eigenvalue weighted by molar-refractivity contribution is 5.43. The van der Waals surface area contributed by atoms with Gasteiger partial charge in [0.2, 0.25) is 11.8 Å². The summed E-state index contributed by atoms with van der Waals surface area (Å²) in [5.41, 5.74) is 1.25. The van der Waals surface area contributed by atoms with Crippen molar-refractivity contribution >= 4 is 5.95 Å². The Labute approximate surface area is 172 Å². The fourth-order valence-electron chi connectivity index (χ4n) is 4.16. The molecule has 1 aromatic carbocycles. The van der Waals surface area contributed by atoms with E-state index in [1.807, 2.05) is 6.07 Å². The van der Waals surface area contributed by atoms with Crippen LogP contribution in [0.1, 0.15) is 31.2 Å². The molecule has 1 aliphatic carbocycles. The van der Waals surface area contributed by atoms with Crippen LogP contribution in [0.15, 0.2) is 30.5 Å². The third-order valence-corrected chi connectivity index (χ3v) is 5.80. The first-order valence-corrected chi connectivity index (χ1v) is 10.3. The average Bonchev–Trinajstić information content (AvgIpc) is 3.62. The van der Waals surface area contributed by atoms with Crippen molar-refractivity contribution in [2.45, 2.75) is 44.3 Å². The molecule has 1 saturated carbocycles. The number of hydrogen-bond donors (Lipinski definition) is 0. The van der Waals surface area contributed by atoms with Gasteiger partial charge in [-0.15, -0.1) is 0 Å². The summed E-state index contributed by atoms with van der Waals surface area (Å²) in [7, 11) is 5.00. The Balaban J connectivity index is 1.50. The molecule has 29 heavy (non-hydrogen) atoms. The zero-order chi connectivity index (χ0) is 20.2. The zero-order valence-corrected chi connectivity index (χ0v) is 17.5. The summed E-state index contributed by atoms with van der Waals surface area (Å²) in [6.45, 7) is 2.85. The van der Waals surface area contributed by atoms with Crippen molar-refractivity contribution in [1.82, 2.24) is 14.9 Å². The molecule has 4 rings (SSSR count). The van der Waals surface area contributed by atoms with Crippen molar-refractivity contribution in [1.29, 1.82) is 0 Å². The third kappa shape index (κ3) is 4.56. The first kappa shape index (κ1) is 19.8. The van der Waals surface area contributed by atoms with Gasteiger partial charge < -0.3 is 19.1 Å². The van der Waals surface area contributed by atoms with E-state index in [2.05, 4.69) is 31.9 Å². The van der Waals surface area contributed by atoms with Crippen molar-refractivity contribution in [2.24, 2.45) is 0 Å². The quantitative estimate of drug-likeness (QED) is 0.677. The van der Waals surface area contributed by atoms with Crippen LogP contribution in [0.5, 0.6) is 17.4 Å². The van der Waals surface area contributed by atoms with E-state index in [0.717, 1.165) is 43.5 Å². The van der Waals surface area contributed by atoms with Gasteiger partial charge >= 0.3 is 0 Å². The van der Waals surface area contributed by atoms with Crippen LogP contribution in [0.25, 0.3) is 0 Å². The molecule has 0 spiro atoms. The second-order valence-electron chi connectivity index (χ2n) is 7.73. The molecule has 2 heterocycles. The van der Waals surface area contributed by atoms with Crippen molar-refractivity contribution in [3.63, 3.8) is 0 Å². The first-order chi connectivity index (χ1) is 14.2. The molecule has 0 radical (unpaired) electrons. The van der Waals surface area contributed by atoms with E-state index in [-0.39, 0.29) is 0 Å². The Morgan fingerprint density at radius 2 is 1.83 bits per heavy atom. The average molecular weight is 399 g/mol. The molecular weight excluding hydrogens is 368 g/mol. The maximum atomic E-state index is 5.50. The number of hydrogen-bond acceptors (Lipinski definition) is 7. The summed E-state index contributed by atoms with van der Waals surface area (Å²) in [5, 5.41) is 0. The molecule has 2 aliphatic rings. The Morgan fingerprint density at radius 3 is 2.55 bits per heavy atom. The van der Waals surface area contributed by atoms with E-state index >= 15 is 0 Å². The molecule has 1 aromatic heterocycles. The van der Waals surface area contributed by atoms with E-state index in [4.69, 9.17) is 14.2 Å². The largest absolute Gasteiger partial charge is 0.493 e. The number of anilines is 1. The topological polar surface area (TPSA) is 60.0 Å². The minimum atomic E-state index is 0.485. The van der Waals surface area contributed by atoms with E-state index < -0.39 is 0 Å². The molecule has 0 unspecified atom stereocenters. The number of nitrogens with zero attached hydrogens (tertiary/aromatic N) is 4. The molecule has 0 amide bonds. The fraction of sp³-hybridized carbons (Fsp3) is 0.545. The lowest BCUT2D eigenvalue weighted by molar-refractivity contribution is 0.157. The van der Waals surface area contributed by atoms with Gasteiger partial charge in [-0.05, 0) is 43.4 Å². The molecule has 7 nitrogen and oxygen atoms in total.